The second-order valence-corrected chi connectivity index (χ2v) is 9.93. The number of fused-ring (bicyclic) bond motifs is 3. The lowest BCUT2D eigenvalue weighted by Crippen LogP contribution is -2.40. The number of hydrogen-bond acceptors (Lipinski definition) is 6. The van der Waals surface area contributed by atoms with Crippen molar-refractivity contribution in [1.29, 1.82) is 0 Å². The first kappa shape index (κ1) is 20.6. The van der Waals surface area contributed by atoms with Crippen LogP contribution in [0.3, 0.4) is 0 Å². The van der Waals surface area contributed by atoms with Gasteiger partial charge in [-0.3, -0.25) is 4.79 Å². The van der Waals surface area contributed by atoms with E-state index >= 15 is 0 Å². The van der Waals surface area contributed by atoms with Gasteiger partial charge in [0, 0.05) is 24.4 Å². The molecule has 0 saturated carbocycles. The van der Waals surface area contributed by atoms with Gasteiger partial charge < -0.3 is 9.64 Å². The number of ether oxygens (including phenoxy) is 1. The first-order valence-corrected chi connectivity index (χ1v) is 12.1. The lowest BCUT2D eigenvalue weighted by molar-refractivity contribution is -0.148. The van der Waals surface area contributed by atoms with E-state index in [4.69, 9.17) is 14.7 Å². The molecule has 0 amide bonds. The number of hydrogen-bond donors (Lipinski definition) is 0. The van der Waals surface area contributed by atoms with Gasteiger partial charge in [-0.15, -0.1) is 11.3 Å². The van der Waals surface area contributed by atoms with Crippen LogP contribution in [-0.2, 0) is 28.8 Å². The molecule has 0 aromatic carbocycles. The molecule has 1 atom stereocenters. The third-order valence-electron chi connectivity index (χ3n) is 6.02. The van der Waals surface area contributed by atoms with Gasteiger partial charge in [0.1, 0.15) is 16.5 Å². The number of rotatable bonds is 5. The van der Waals surface area contributed by atoms with Crippen molar-refractivity contribution in [3.05, 3.63) is 16.3 Å². The Morgan fingerprint density at radius 2 is 2.03 bits per heavy atom. The van der Waals surface area contributed by atoms with E-state index in [0.717, 1.165) is 48.7 Å². The van der Waals surface area contributed by atoms with Gasteiger partial charge in [-0.1, -0.05) is 20.3 Å². The molecule has 0 radical (unpaired) electrons. The summed E-state index contributed by atoms with van der Waals surface area (Å²) in [6, 6.07) is 0. The Labute approximate surface area is 177 Å². The van der Waals surface area contributed by atoms with Crippen LogP contribution in [0.4, 0.5) is 5.82 Å². The molecule has 0 unspecified atom stereocenters. The van der Waals surface area contributed by atoms with E-state index in [1.807, 2.05) is 18.3 Å². The number of carbonyl (C=O) groups is 1. The molecule has 6 heteroatoms. The van der Waals surface area contributed by atoms with Crippen molar-refractivity contribution in [2.75, 3.05) is 24.6 Å². The highest BCUT2D eigenvalue weighted by molar-refractivity contribution is 7.19. The summed E-state index contributed by atoms with van der Waals surface area (Å²) in [6.45, 7) is 8.42. The van der Waals surface area contributed by atoms with Gasteiger partial charge in [0.2, 0.25) is 0 Å². The van der Waals surface area contributed by atoms with Gasteiger partial charge in [0.15, 0.2) is 0 Å². The minimum absolute atomic E-state index is 0.0560. The highest BCUT2D eigenvalue weighted by Crippen LogP contribution is 2.40. The van der Waals surface area contributed by atoms with E-state index < -0.39 is 0 Å². The number of piperidine rings is 1. The van der Waals surface area contributed by atoms with E-state index in [9.17, 15) is 4.79 Å². The standard InChI is InChI=1S/C23H33N3O2S/c1-4-28-23(27)16-9-8-12-26(14-16)21-20-17-10-6-5-7-11-18(17)29-22(20)25-19(24-21)13-15(2)3/h15-16H,4-14H2,1-3H3/t16-/m0/s1. The van der Waals surface area contributed by atoms with Gasteiger partial charge in [-0.05, 0) is 56.9 Å². The van der Waals surface area contributed by atoms with E-state index in [1.54, 1.807) is 0 Å². The Morgan fingerprint density at radius 3 is 2.83 bits per heavy atom. The number of nitrogens with zero attached hydrogens (tertiary/aromatic N) is 3. The predicted octanol–water partition coefficient (Wildman–Crippen LogP) is 4.94. The minimum Gasteiger partial charge on any atom is -0.466 e. The van der Waals surface area contributed by atoms with Crippen LogP contribution in [0.2, 0.25) is 0 Å². The molecule has 158 valence electrons. The first-order chi connectivity index (χ1) is 14.1. The van der Waals surface area contributed by atoms with Crippen molar-refractivity contribution in [3.8, 4) is 0 Å². The van der Waals surface area contributed by atoms with Crippen LogP contribution >= 0.6 is 11.3 Å². The second kappa shape index (κ2) is 8.99. The Bertz CT molecular complexity index is 877. The number of aromatic nitrogens is 2. The van der Waals surface area contributed by atoms with Crippen LogP contribution in [0, 0.1) is 11.8 Å². The Hall–Kier alpha value is -1.69. The summed E-state index contributed by atoms with van der Waals surface area (Å²) in [5.74, 6) is 2.41. The number of thiophene rings is 1. The highest BCUT2D eigenvalue weighted by atomic mass is 32.1. The maximum absolute atomic E-state index is 12.4. The monoisotopic (exact) mass is 415 g/mol. The van der Waals surface area contributed by atoms with Gasteiger partial charge in [-0.2, -0.15) is 0 Å². The summed E-state index contributed by atoms with van der Waals surface area (Å²) < 4.78 is 5.33. The molecule has 0 spiro atoms. The van der Waals surface area contributed by atoms with Crippen molar-refractivity contribution in [3.63, 3.8) is 0 Å². The molecule has 1 aliphatic heterocycles. The molecule has 1 saturated heterocycles. The van der Waals surface area contributed by atoms with Crippen LogP contribution in [0.1, 0.15) is 69.1 Å². The van der Waals surface area contributed by atoms with Crippen LogP contribution in [0.5, 0.6) is 0 Å². The van der Waals surface area contributed by atoms with Crippen LogP contribution in [0.25, 0.3) is 10.2 Å². The molecular weight excluding hydrogens is 382 g/mol. The van der Waals surface area contributed by atoms with E-state index in [2.05, 4.69) is 18.7 Å². The second-order valence-electron chi connectivity index (χ2n) is 8.84. The van der Waals surface area contributed by atoms with E-state index in [-0.39, 0.29) is 11.9 Å². The Morgan fingerprint density at radius 1 is 1.21 bits per heavy atom. The van der Waals surface area contributed by atoms with Crippen molar-refractivity contribution in [2.24, 2.45) is 11.8 Å². The zero-order valence-electron chi connectivity index (χ0n) is 18.0. The topological polar surface area (TPSA) is 55.3 Å². The van der Waals surface area contributed by atoms with Crippen LogP contribution in [-0.4, -0.2) is 35.6 Å². The molecule has 1 aliphatic carbocycles. The molecule has 0 bridgehead atoms. The minimum atomic E-state index is -0.0611. The molecule has 2 aliphatic rings. The number of carbonyl (C=O) groups excluding carboxylic acids is 1. The van der Waals surface area contributed by atoms with Crippen molar-refractivity contribution in [2.45, 2.75) is 72.1 Å². The Kier molecular flexibility index (Phi) is 6.38. The lowest BCUT2D eigenvalue weighted by Gasteiger charge is -2.33. The maximum atomic E-state index is 12.4. The molecular formula is C23H33N3O2S. The Balaban J connectivity index is 1.76. The molecule has 2 aromatic heterocycles. The number of anilines is 1. The summed E-state index contributed by atoms with van der Waals surface area (Å²) in [5, 5.41) is 1.27. The first-order valence-electron chi connectivity index (χ1n) is 11.3. The third kappa shape index (κ3) is 4.42. The summed E-state index contributed by atoms with van der Waals surface area (Å²) in [7, 11) is 0. The highest BCUT2D eigenvalue weighted by Gasteiger charge is 2.30. The van der Waals surface area contributed by atoms with Crippen molar-refractivity contribution >= 4 is 33.3 Å². The molecule has 1 fully saturated rings. The van der Waals surface area contributed by atoms with Gasteiger partial charge in [0.05, 0.1) is 17.9 Å². The normalized spacial score (nSPS) is 20.0. The van der Waals surface area contributed by atoms with Gasteiger partial charge in [0.25, 0.3) is 0 Å². The summed E-state index contributed by atoms with van der Waals surface area (Å²) in [5.41, 5.74) is 1.48. The van der Waals surface area contributed by atoms with E-state index in [1.165, 1.54) is 41.5 Å². The predicted molar refractivity (Wildman–Crippen MR) is 119 cm³/mol. The largest absolute Gasteiger partial charge is 0.466 e. The zero-order valence-corrected chi connectivity index (χ0v) is 18.8. The zero-order chi connectivity index (χ0) is 20.4. The van der Waals surface area contributed by atoms with Crippen molar-refractivity contribution < 1.29 is 9.53 Å². The third-order valence-corrected chi connectivity index (χ3v) is 7.21. The molecule has 4 rings (SSSR count). The molecule has 3 heterocycles. The van der Waals surface area contributed by atoms with Gasteiger partial charge in [-0.25, -0.2) is 9.97 Å². The van der Waals surface area contributed by atoms with E-state index in [0.29, 0.717) is 19.1 Å². The fraction of sp³-hybridized carbons (Fsp3) is 0.696. The van der Waals surface area contributed by atoms with Crippen molar-refractivity contribution in [1.82, 2.24) is 9.97 Å². The lowest BCUT2D eigenvalue weighted by atomic mass is 9.97. The summed E-state index contributed by atoms with van der Waals surface area (Å²) >= 11 is 1.88. The molecule has 2 aromatic rings. The number of aryl methyl sites for hydroxylation is 2. The van der Waals surface area contributed by atoms with Crippen LogP contribution in [0.15, 0.2) is 0 Å². The average Bonchev–Trinajstić information content (AvgIpc) is 2.88. The SMILES string of the molecule is CCOC(=O)[C@H]1CCCN(c2nc(CC(C)C)nc3sc4c(c23)CCCCC4)C1. The number of esters is 1. The molecule has 0 N–H and O–H groups in total. The molecule has 29 heavy (non-hydrogen) atoms. The fourth-order valence-corrected chi connectivity index (χ4v) is 5.94. The van der Waals surface area contributed by atoms with Gasteiger partial charge >= 0.3 is 5.97 Å². The summed E-state index contributed by atoms with van der Waals surface area (Å²) in [6.07, 6.45) is 8.92. The average molecular weight is 416 g/mol. The molecule has 5 nitrogen and oxygen atoms in total. The smallest absolute Gasteiger partial charge is 0.310 e. The maximum Gasteiger partial charge on any atom is 0.310 e. The summed E-state index contributed by atoms with van der Waals surface area (Å²) in [4.78, 5) is 27.5. The quantitative estimate of drug-likeness (QED) is 0.511. The fourth-order valence-electron chi connectivity index (χ4n) is 4.67. The van der Waals surface area contributed by atoms with Crippen LogP contribution < -0.4 is 4.90 Å².